The summed E-state index contributed by atoms with van der Waals surface area (Å²) < 4.78 is 22.6. The number of hydrogen-bond acceptors (Lipinski definition) is 5. The van der Waals surface area contributed by atoms with E-state index in [0.29, 0.717) is 30.5 Å². The van der Waals surface area contributed by atoms with E-state index in [1.807, 2.05) is 36.1 Å². The van der Waals surface area contributed by atoms with Gasteiger partial charge < -0.3 is 20.4 Å². The highest BCUT2D eigenvalue weighted by atomic mass is 35.5. The molecule has 0 aromatic heterocycles. The van der Waals surface area contributed by atoms with Crippen LogP contribution in [0.2, 0.25) is 5.02 Å². The van der Waals surface area contributed by atoms with Gasteiger partial charge in [-0.05, 0) is 37.6 Å². The molecular formula is C19H30ClN5O3S. The monoisotopic (exact) mass is 443 g/mol. The smallest absolute Gasteiger partial charge is 0.242 e. The predicted octanol–water partition coefficient (Wildman–Crippen LogP) is 0.977. The Hall–Kier alpha value is -2.00. The number of amides is 1. The zero-order chi connectivity index (χ0) is 21.4. The number of guanidine groups is 1. The van der Waals surface area contributed by atoms with E-state index in [4.69, 9.17) is 11.6 Å². The Morgan fingerprint density at radius 1 is 1.21 bits per heavy atom. The van der Waals surface area contributed by atoms with Crippen molar-refractivity contribution in [1.29, 1.82) is 0 Å². The lowest BCUT2D eigenvalue weighted by Crippen LogP contribution is -2.52. The number of halogens is 1. The Morgan fingerprint density at radius 3 is 2.38 bits per heavy atom. The second-order valence-electron chi connectivity index (χ2n) is 7.23. The van der Waals surface area contributed by atoms with Crippen molar-refractivity contribution in [2.75, 3.05) is 56.7 Å². The van der Waals surface area contributed by atoms with Gasteiger partial charge in [0.1, 0.15) is 9.84 Å². The van der Waals surface area contributed by atoms with Gasteiger partial charge in [0.2, 0.25) is 5.91 Å². The standard InChI is InChI=1S/C19H30ClN5O3S/c1-15(8-13-29(3,27)28)23-19(21-2)22-14-18(26)25-11-9-24(10-12-25)17-6-4-16(20)5-7-17/h4-7,15H,8-14H2,1-3H3,(H2,21,22,23). The first-order chi connectivity index (χ1) is 13.7. The summed E-state index contributed by atoms with van der Waals surface area (Å²) in [5.74, 6) is 0.598. The molecule has 0 spiro atoms. The molecule has 1 unspecified atom stereocenters. The summed E-state index contributed by atoms with van der Waals surface area (Å²) in [6.45, 7) is 4.86. The van der Waals surface area contributed by atoms with Crippen LogP contribution in [0.25, 0.3) is 0 Å². The van der Waals surface area contributed by atoms with E-state index in [2.05, 4.69) is 20.5 Å². The van der Waals surface area contributed by atoms with Gasteiger partial charge in [0.05, 0.1) is 12.3 Å². The number of anilines is 1. The molecular weight excluding hydrogens is 414 g/mol. The predicted molar refractivity (Wildman–Crippen MR) is 119 cm³/mol. The topological polar surface area (TPSA) is 94.1 Å². The Kier molecular flexibility index (Phi) is 8.58. The van der Waals surface area contributed by atoms with Crippen LogP contribution in [0.5, 0.6) is 0 Å². The fraction of sp³-hybridized carbons (Fsp3) is 0.579. The van der Waals surface area contributed by atoms with Crippen LogP contribution in [0.3, 0.4) is 0 Å². The summed E-state index contributed by atoms with van der Waals surface area (Å²) in [6, 6.07) is 7.64. The summed E-state index contributed by atoms with van der Waals surface area (Å²) in [5, 5.41) is 6.84. The number of nitrogens with zero attached hydrogens (tertiary/aromatic N) is 3. The summed E-state index contributed by atoms with van der Waals surface area (Å²) in [4.78, 5) is 20.7. The second kappa shape index (κ2) is 10.7. The SMILES string of the molecule is CN=C(NCC(=O)N1CCN(c2ccc(Cl)cc2)CC1)NC(C)CCS(C)(=O)=O. The van der Waals surface area contributed by atoms with Crippen LogP contribution in [0, 0.1) is 0 Å². The lowest BCUT2D eigenvalue weighted by molar-refractivity contribution is -0.130. The average Bonchev–Trinajstić information content (AvgIpc) is 2.69. The molecule has 1 saturated heterocycles. The summed E-state index contributed by atoms with van der Waals surface area (Å²) in [7, 11) is -1.38. The molecule has 1 atom stereocenters. The maximum absolute atomic E-state index is 12.5. The minimum absolute atomic E-state index is 0.00694. The van der Waals surface area contributed by atoms with Gasteiger partial charge in [-0.2, -0.15) is 0 Å². The fourth-order valence-corrected chi connectivity index (χ4v) is 3.94. The van der Waals surface area contributed by atoms with E-state index in [9.17, 15) is 13.2 Å². The number of nitrogens with one attached hydrogen (secondary N) is 2. The number of aliphatic imine (C=N–C) groups is 1. The molecule has 8 nitrogen and oxygen atoms in total. The van der Waals surface area contributed by atoms with E-state index in [0.717, 1.165) is 18.8 Å². The molecule has 1 heterocycles. The molecule has 1 aliphatic heterocycles. The molecule has 1 aromatic rings. The highest BCUT2D eigenvalue weighted by molar-refractivity contribution is 7.90. The number of rotatable bonds is 7. The molecule has 29 heavy (non-hydrogen) atoms. The first kappa shape index (κ1) is 23.3. The average molecular weight is 444 g/mol. The van der Waals surface area contributed by atoms with E-state index < -0.39 is 9.84 Å². The van der Waals surface area contributed by atoms with Crippen molar-refractivity contribution in [1.82, 2.24) is 15.5 Å². The zero-order valence-corrected chi connectivity index (χ0v) is 18.8. The van der Waals surface area contributed by atoms with Crippen molar-refractivity contribution in [3.05, 3.63) is 29.3 Å². The Morgan fingerprint density at radius 2 is 1.83 bits per heavy atom. The minimum Gasteiger partial charge on any atom is -0.368 e. The summed E-state index contributed by atoms with van der Waals surface area (Å²) in [6.07, 6.45) is 1.69. The number of sulfone groups is 1. The molecule has 1 fully saturated rings. The summed E-state index contributed by atoms with van der Waals surface area (Å²) >= 11 is 5.94. The van der Waals surface area contributed by atoms with Gasteiger partial charge >= 0.3 is 0 Å². The van der Waals surface area contributed by atoms with Crippen molar-refractivity contribution < 1.29 is 13.2 Å². The van der Waals surface area contributed by atoms with Crippen LogP contribution in [-0.4, -0.2) is 83.0 Å². The van der Waals surface area contributed by atoms with Gasteiger partial charge in [0.15, 0.2) is 5.96 Å². The highest BCUT2D eigenvalue weighted by Crippen LogP contribution is 2.19. The van der Waals surface area contributed by atoms with Crippen LogP contribution < -0.4 is 15.5 Å². The van der Waals surface area contributed by atoms with Crippen molar-refractivity contribution in [2.24, 2.45) is 4.99 Å². The molecule has 2 N–H and O–H groups in total. The third kappa shape index (κ3) is 8.10. The molecule has 0 aliphatic carbocycles. The number of carbonyl (C=O) groups excluding carboxylic acids is 1. The third-order valence-electron chi connectivity index (χ3n) is 4.76. The molecule has 1 amide bonds. The molecule has 1 aliphatic rings. The second-order valence-corrected chi connectivity index (χ2v) is 9.93. The van der Waals surface area contributed by atoms with Crippen molar-refractivity contribution in [3.63, 3.8) is 0 Å². The quantitative estimate of drug-likeness (QED) is 0.482. The lowest BCUT2D eigenvalue weighted by atomic mass is 10.2. The van der Waals surface area contributed by atoms with Crippen LogP contribution in [-0.2, 0) is 14.6 Å². The number of carbonyl (C=O) groups is 1. The number of hydrogen-bond donors (Lipinski definition) is 2. The molecule has 2 rings (SSSR count). The van der Waals surface area contributed by atoms with Crippen LogP contribution >= 0.6 is 11.6 Å². The molecule has 1 aromatic carbocycles. The van der Waals surface area contributed by atoms with Crippen molar-refractivity contribution in [3.8, 4) is 0 Å². The maximum atomic E-state index is 12.5. The molecule has 162 valence electrons. The van der Waals surface area contributed by atoms with Gasteiger partial charge in [-0.3, -0.25) is 9.79 Å². The first-order valence-electron chi connectivity index (χ1n) is 9.61. The van der Waals surface area contributed by atoms with Crippen LogP contribution in [0.15, 0.2) is 29.3 Å². The Labute approximate surface area is 178 Å². The Balaban J connectivity index is 1.75. The largest absolute Gasteiger partial charge is 0.368 e. The third-order valence-corrected chi connectivity index (χ3v) is 5.99. The zero-order valence-electron chi connectivity index (χ0n) is 17.2. The van der Waals surface area contributed by atoms with Crippen molar-refractivity contribution in [2.45, 2.75) is 19.4 Å². The normalized spacial score (nSPS) is 16.5. The molecule has 0 bridgehead atoms. The van der Waals surface area contributed by atoms with Gasteiger partial charge in [0.25, 0.3) is 0 Å². The van der Waals surface area contributed by atoms with Crippen molar-refractivity contribution >= 4 is 39.0 Å². The van der Waals surface area contributed by atoms with E-state index in [1.54, 1.807) is 7.05 Å². The summed E-state index contributed by atoms with van der Waals surface area (Å²) in [5.41, 5.74) is 1.10. The van der Waals surface area contributed by atoms with E-state index in [1.165, 1.54) is 6.26 Å². The first-order valence-corrected chi connectivity index (χ1v) is 12.0. The lowest BCUT2D eigenvalue weighted by Gasteiger charge is -2.36. The van der Waals surface area contributed by atoms with Gasteiger partial charge in [-0.1, -0.05) is 11.6 Å². The number of benzene rings is 1. The molecule has 0 saturated carbocycles. The van der Waals surface area contributed by atoms with Gasteiger partial charge in [0, 0.05) is 56.2 Å². The van der Waals surface area contributed by atoms with Crippen LogP contribution in [0.1, 0.15) is 13.3 Å². The van der Waals surface area contributed by atoms with E-state index >= 15 is 0 Å². The van der Waals surface area contributed by atoms with Crippen LogP contribution in [0.4, 0.5) is 5.69 Å². The minimum atomic E-state index is -3.00. The fourth-order valence-electron chi connectivity index (χ4n) is 3.03. The molecule has 10 heteroatoms. The van der Waals surface area contributed by atoms with Gasteiger partial charge in [-0.15, -0.1) is 0 Å². The van der Waals surface area contributed by atoms with E-state index in [-0.39, 0.29) is 24.2 Å². The number of piperazine rings is 1. The Bertz CT molecular complexity index is 806. The molecule has 0 radical (unpaired) electrons. The van der Waals surface area contributed by atoms with Gasteiger partial charge in [-0.25, -0.2) is 8.42 Å². The highest BCUT2D eigenvalue weighted by Gasteiger charge is 2.21. The maximum Gasteiger partial charge on any atom is 0.242 e.